The van der Waals surface area contributed by atoms with E-state index in [1.807, 2.05) is 60.1 Å². The van der Waals surface area contributed by atoms with Crippen LogP contribution in [0.1, 0.15) is 42.6 Å². The van der Waals surface area contributed by atoms with Crippen LogP contribution in [-0.4, -0.2) is 37.1 Å². The first-order chi connectivity index (χ1) is 9.39. The molecule has 0 aliphatic heterocycles. The molecule has 0 aromatic heterocycles. The Balaban J connectivity index is 3.30. The van der Waals surface area contributed by atoms with Crippen LogP contribution >= 0.6 is 7.82 Å². The first kappa shape index (κ1) is 18.3. The number of quaternary nitrogens is 1. The van der Waals surface area contributed by atoms with Gasteiger partial charge in [-0.2, -0.15) is 0 Å². The topological polar surface area (TPSA) is 69.6 Å². The third-order valence-electron chi connectivity index (χ3n) is 3.19. The summed E-state index contributed by atoms with van der Waals surface area (Å²) in [6.45, 7) is 6.49. The van der Waals surface area contributed by atoms with Gasteiger partial charge in [0.25, 0.3) is 7.82 Å². The second kappa shape index (κ2) is 6.59. The number of phosphoric ester groups is 1. The van der Waals surface area contributed by atoms with Gasteiger partial charge in [-0.05, 0) is 24.0 Å². The predicted octanol–water partition coefficient (Wildman–Crippen LogP) is 2.34. The van der Waals surface area contributed by atoms with Crippen LogP contribution in [0, 0.1) is 6.92 Å². The molecule has 0 fully saturated rings. The van der Waals surface area contributed by atoms with Crippen LogP contribution in [0.3, 0.4) is 0 Å². The molecule has 0 aliphatic rings. The molecule has 0 amide bonds. The van der Waals surface area contributed by atoms with E-state index in [9.17, 15) is 9.46 Å². The number of aryl methyl sites for hydroxylation is 1. The zero-order valence-corrected chi connectivity index (χ0v) is 14.6. The second-order valence-corrected chi connectivity index (χ2v) is 7.97. The zero-order chi connectivity index (χ0) is 16.4. The number of phosphoric acid groups is 1. The number of benzene rings is 1. The zero-order valence-electron chi connectivity index (χ0n) is 13.7. The molecule has 1 aromatic rings. The molecule has 1 aromatic carbocycles. The summed E-state index contributed by atoms with van der Waals surface area (Å²) in [6.07, 6.45) is -0.698. The second-order valence-electron chi connectivity index (χ2n) is 6.82. The summed E-state index contributed by atoms with van der Waals surface area (Å²) in [6, 6.07) is 5.93. The molecule has 2 unspecified atom stereocenters. The van der Waals surface area contributed by atoms with E-state index in [1.54, 1.807) is 0 Å². The summed E-state index contributed by atoms with van der Waals surface area (Å²) in [5, 5.41) is 0. The minimum atomic E-state index is -4.80. The predicted molar refractivity (Wildman–Crippen MR) is 81.8 cm³/mol. The van der Waals surface area contributed by atoms with Gasteiger partial charge in [0.1, 0.15) is 12.6 Å². The summed E-state index contributed by atoms with van der Waals surface area (Å²) >= 11 is 0. The lowest BCUT2D eigenvalue weighted by molar-refractivity contribution is -0.874. The number of hydrogen-bond acceptors (Lipinski definition) is 3. The normalized spacial score (nSPS) is 16.8. The van der Waals surface area contributed by atoms with Crippen molar-refractivity contribution in [3.63, 3.8) is 0 Å². The van der Waals surface area contributed by atoms with Gasteiger partial charge >= 0.3 is 0 Å². The highest BCUT2D eigenvalue weighted by atomic mass is 31.2. The SMILES string of the molecule is Cc1ccc(C(C)C)c(C(C[N+](C)(C)C)OP(=O)([O-])O)c1. The van der Waals surface area contributed by atoms with Crippen molar-refractivity contribution in [2.24, 2.45) is 0 Å². The minimum absolute atomic E-state index is 0.240. The van der Waals surface area contributed by atoms with Gasteiger partial charge in [-0.25, -0.2) is 0 Å². The quantitative estimate of drug-likeness (QED) is 0.646. The highest BCUT2D eigenvalue weighted by Gasteiger charge is 2.27. The summed E-state index contributed by atoms with van der Waals surface area (Å²) in [5.74, 6) is 0.240. The number of nitrogens with zero attached hydrogens (tertiary/aromatic N) is 1. The van der Waals surface area contributed by atoms with Crippen LogP contribution in [0.15, 0.2) is 18.2 Å². The Kier molecular flexibility index (Phi) is 5.76. The van der Waals surface area contributed by atoms with Crippen molar-refractivity contribution >= 4 is 7.82 Å². The van der Waals surface area contributed by atoms with Gasteiger partial charge in [-0.15, -0.1) is 0 Å². The average molecular weight is 315 g/mol. The average Bonchev–Trinajstić information content (AvgIpc) is 2.23. The van der Waals surface area contributed by atoms with E-state index in [4.69, 9.17) is 9.42 Å². The summed E-state index contributed by atoms with van der Waals surface area (Å²) in [4.78, 5) is 20.3. The van der Waals surface area contributed by atoms with Crippen LogP contribution in [0.5, 0.6) is 0 Å². The standard InChI is InChI=1S/C15H26NO4P/c1-11(2)13-8-7-12(3)9-14(13)15(10-16(4,5)6)20-21(17,18)19/h7-9,11,15H,10H2,1-6H3,(H-,17,18,19). The lowest BCUT2D eigenvalue weighted by Gasteiger charge is -2.33. The summed E-state index contributed by atoms with van der Waals surface area (Å²) in [7, 11) is 1.06. The molecule has 6 heteroatoms. The fraction of sp³-hybridized carbons (Fsp3) is 0.600. The molecule has 120 valence electrons. The van der Waals surface area contributed by atoms with E-state index in [0.29, 0.717) is 11.0 Å². The van der Waals surface area contributed by atoms with Crippen molar-refractivity contribution < 1.29 is 23.4 Å². The first-order valence-corrected chi connectivity index (χ1v) is 8.52. The molecule has 0 heterocycles. The van der Waals surface area contributed by atoms with Crippen LogP contribution in [0.25, 0.3) is 0 Å². The number of rotatable bonds is 6. The Morgan fingerprint density at radius 1 is 1.29 bits per heavy atom. The van der Waals surface area contributed by atoms with E-state index >= 15 is 0 Å². The maximum Gasteiger partial charge on any atom is 0.266 e. The van der Waals surface area contributed by atoms with Gasteiger partial charge in [-0.3, -0.25) is 4.57 Å². The smallest absolute Gasteiger partial charge is 0.266 e. The van der Waals surface area contributed by atoms with Crippen molar-refractivity contribution in [1.29, 1.82) is 0 Å². The van der Waals surface area contributed by atoms with E-state index < -0.39 is 13.9 Å². The minimum Gasteiger partial charge on any atom is -0.756 e. The first-order valence-electron chi connectivity index (χ1n) is 7.02. The maximum atomic E-state index is 11.2. The highest BCUT2D eigenvalue weighted by molar-refractivity contribution is 7.44. The molecule has 0 radical (unpaired) electrons. The van der Waals surface area contributed by atoms with Gasteiger partial charge < -0.3 is 18.8 Å². The summed E-state index contributed by atoms with van der Waals surface area (Å²) < 4.78 is 16.7. The number of likely N-dealkylation sites (N-methyl/N-ethyl adjacent to an activating group) is 1. The fourth-order valence-electron chi connectivity index (χ4n) is 2.35. The molecule has 1 N–H and O–H groups in total. The van der Waals surface area contributed by atoms with Gasteiger partial charge in [0.15, 0.2) is 0 Å². The Bertz CT molecular complexity index is 531. The van der Waals surface area contributed by atoms with Crippen LogP contribution in [0.4, 0.5) is 0 Å². The van der Waals surface area contributed by atoms with E-state index in [0.717, 1.165) is 16.7 Å². The van der Waals surface area contributed by atoms with Crippen molar-refractivity contribution in [2.45, 2.75) is 32.8 Å². The van der Waals surface area contributed by atoms with E-state index in [1.165, 1.54) is 0 Å². The molecule has 0 saturated carbocycles. The van der Waals surface area contributed by atoms with Gasteiger partial charge in [0.2, 0.25) is 0 Å². The molecule has 1 rings (SSSR count). The fourth-order valence-corrected chi connectivity index (χ4v) is 2.85. The molecular weight excluding hydrogens is 289 g/mol. The molecular formula is C15H26NO4P. The van der Waals surface area contributed by atoms with Crippen molar-refractivity contribution in [3.05, 3.63) is 34.9 Å². The molecule has 0 saturated heterocycles. The molecule has 0 bridgehead atoms. The maximum absolute atomic E-state index is 11.2. The molecule has 0 aliphatic carbocycles. The molecule has 5 nitrogen and oxygen atoms in total. The van der Waals surface area contributed by atoms with Crippen molar-refractivity contribution in [1.82, 2.24) is 0 Å². The Hall–Kier alpha value is -0.710. The Morgan fingerprint density at radius 2 is 1.86 bits per heavy atom. The largest absolute Gasteiger partial charge is 0.756 e. The van der Waals surface area contributed by atoms with E-state index in [2.05, 4.69) is 0 Å². The monoisotopic (exact) mass is 315 g/mol. The van der Waals surface area contributed by atoms with Crippen LogP contribution in [-0.2, 0) is 9.09 Å². The lowest BCUT2D eigenvalue weighted by atomic mass is 9.92. The van der Waals surface area contributed by atoms with Crippen LogP contribution < -0.4 is 4.89 Å². The van der Waals surface area contributed by atoms with Crippen LogP contribution in [0.2, 0.25) is 0 Å². The third-order valence-corrected chi connectivity index (χ3v) is 3.71. The molecule has 2 atom stereocenters. The summed E-state index contributed by atoms with van der Waals surface area (Å²) in [5.41, 5.74) is 2.89. The molecule has 0 spiro atoms. The van der Waals surface area contributed by atoms with Gasteiger partial charge in [0, 0.05) is 0 Å². The number of hydrogen-bond donors (Lipinski definition) is 1. The molecule has 21 heavy (non-hydrogen) atoms. The Labute approximate surface area is 127 Å². The Morgan fingerprint density at radius 3 is 2.29 bits per heavy atom. The van der Waals surface area contributed by atoms with Gasteiger partial charge in [-0.1, -0.05) is 37.6 Å². The third kappa shape index (κ3) is 6.29. The van der Waals surface area contributed by atoms with Crippen molar-refractivity contribution in [3.8, 4) is 0 Å². The lowest BCUT2D eigenvalue weighted by Crippen LogP contribution is -2.39. The van der Waals surface area contributed by atoms with E-state index in [-0.39, 0.29) is 5.92 Å². The van der Waals surface area contributed by atoms with Gasteiger partial charge in [0.05, 0.1) is 21.1 Å². The van der Waals surface area contributed by atoms with Crippen molar-refractivity contribution in [2.75, 3.05) is 27.7 Å². The highest BCUT2D eigenvalue weighted by Crippen LogP contribution is 2.41.